The first-order chi connectivity index (χ1) is 9.81. The highest BCUT2D eigenvalue weighted by atomic mass is 32.2. The van der Waals surface area contributed by atoms with Crippen LogP contribution in [-0.2, 0) is 19.1 Å². The van der Waals surface area contributed by atoms with Crippen molar-refractivity contribution in [1.82, 2.24) is 0 Å². The van der Waals surface area contributed by atoms with E-state index >= 15 is 0 Å². The first kappa shape index (κ1) is 17.8. The second kappa shape index (κ2) is 8.24. The molecule has 0 aliphatic heterocycles. The van der Waals surface area contributed by atoms with Crippen LogP contribution in [0.4, 0.5) is 4.39 Å². The van der Waals surface area contributed by atoms with Crippen molar-refractivity contribution in [3.05, 3.63) is 29.8 Å². The van der Waals surface area contributed by atoms with E-state index in [1.165, 1.54) is 19.1 Å². The summed E-state index contributed by atoms with van der Waals surface area (Å²) in [6, 6.07) is 6.34. The van der Waals surface area contributed by atoms with Gasteiger partial charge in [0.15, 0.2) is 0 Å². The smallest absolute Gasteiger partial charge is 0.296 e. The molecule has 6 heteroatoms. The van der Waals surface area contributed by atoms with Gasteiger partial charge in [0.1, 0.15) is 12.0 Å². The molecule has 0 aromatic heterocycles. The summed E-state index contributed by atoms with van der Waals surface area (Å²) in [6.45, 7) is 3.22. The summed E-state index contributed by atoms with van der Waals surface area (Å²) in [5.41, 5.74) is 0.958. The topological polar surface area (TPSA) is 60.4 Å². The van der Waals surface area contributed by atoms with Crippen LogP contribution in [-0.4, -0.2) is 27.0 Å². The summed E-state index contributed by atoms with van der Waals surface area (Å²) in [5, 5.41) is 0. The third kappa shape index (κ3) is 6.82. The zero-order valence-corrected chi connectivity index (χ0v) is 13.2. The van der Waals surface area contributed by atoms with E-state index in [1.807, 2.05) is 6.92 Å². The minimum atomic E-state index is -3.78. The lowest BCUT2D eigenvalue weighted by molar-refractivity contribution is -0.117. The molecule has 0 bridgehead atoms. The SMILES string of the molecule is CC(=O)CCC(F)CCCOS(=O)(=O)c1ccc(C)cc1. The lowest BCUT2D eigenvalue weighted by Gasteiger charge is -2.08. The van der Waals surface area contributed by atoms with Gasteiger partial charge >= 0.3 is 0 Å². The van der Waals surface area contributed by atoms with Crippen molar-refractivity contribution in [3.8, 4) is 0 Å². The molecule has 1 aromatic rings. The molecule has 0 spiro atoms. The van der Waals surface area contributed by atoms with Crippen molar-refractivity contribution < 1.29 is 21.8 Å². The quantitative estimate of drug-likeness (QED) is 0.518. The van der Waals surface area contributed by atoms with Crippen LogP contribution >= 0.6 is 0 Å². The molecular weight excluding hydrogens is 295 g/mol. The van der Waals surface area contributed by atoms with Gasteiger partial charge in [-0.2, -0.15) is 8.42 Å². The fourth-order valence-corrected chi connectivity index (χ4v) is 2.69. The Kier molecular flexibility index (Phi) is 6.98. The first-order valence-corrected chi connectivity index (χ1v) is 8.31. The highest BCUT2D eigenvalue weighted by molar-refractivity contribution is 7.86. The van der Waals surface area contributed by atoms with E-state index in [0.29, 0.717) is 6.42 Å². The third-order valence-corrected chi connectivity index (χ3v) is 4.35. The molecule has 0 heterocycles. The number of carbonyl (C=O) groups is 1. The fourth-order valence-electron chi connectivity index (χ4n) is 1.75. The molecule has 1 unspecified atom stereocenters. The van der Waals surface area contributed by atoms with Crippen LogP contribution in [0.15, 0.2) is 29.2 Å². The molecule has 1 rings (SSSR count). The molecule has 118 valence electrons. The van der Waals surface area contributed by atoms with Gasteiger partial charge in [-0.3, -0.25) is 4.18 Å². The molecule has 0 aliphatic rings. The summed E-state index contributed by atoms with van der Waals surface area (Å²) in [4.78, 5) is 10.8. The van der Waals surface area contributed by atoms with E-state index in [9.17, 15) is 17.6 Å². The Hall–Kier alpha value is -1.27. The summed E-state index contributed by atoms with van der Waals surface area (Å²) in [5.74, 6) is -0.0455. The van der Waals surface area contributed by atoms with Crippen LogP contribution in [0.2, 0.25) is 0 Å². The lowest BCUT2D eigenvalue weighted by Crippen LogP contribution is -2.10. The molecule has 0 saturated carbocycles. The van der Waals surface area contributed by atoms with Crippen LogP contribution in [0, 0.1) is 6.92 Å². The van der Waals surface area contributed by atoms with Crippen molar-refractivity contribution in [2.24, 2.45) is 0 Å². The van der Waals surface area contributed by atoms with Crippen molar-refractivity contribution in [1.29, 1.82) is 0 Å². The molecule has 0 fully saturated rings. The van der Waals surface area contributed by atoms with Crippen LogP contribution < -0.4 is 0 Å². The van der Waals surface area contributed by atoms with E-state index in [2.05, 4.69) is 0 Å². The van der Waals surface area contributed by atoms with Gasteiger partial charge in [0.05, 0.1) is 11.5 Å². The maximum Gasteiger partial charge on any atom is 0.296 e. The molecule has 0 aliphatic carbocycles. The fraction of sp³-hybridized carbons (Fsp3) is 0.533. The highest BCUT2D eigenvalue weighted by Gasteiger charge is 2.15. The number of carbonyl (C=O) groups excluding carboxylic acids is 1. The second-order valence-electron chi connectivity index (χ2n) is 5.07. The third-order valence-electron chi connectivity index (χ3n) is 3.02. The monoisotopic (exact) mass is 316 g/mol. The molecule has 0 radical (unpaired) electrons. The van der Waals surface area contributed by atoms with Gasteiger partial charge in [0, 0.05) is 6.42 Å². The summed E-state index contributed by atoms with van der Waals surface area (Å²) in [6.07, 6.45) is -0.218. The number of Topliss-reactive ketones (excluding diaryl/α,β-unsaturated/α-hetero) is 1. The predicted molar refractivity (Wildman–Crippen MR) is 78.4 cm³/mol. The molecule has 1 atom stereocenters. The molecule has 0 amide bonds. The number of hydrogen-bond donors (Lipinski definition) is 0. The van der Waals surface area contributed by atoms with Gasteiger partial charge in [-0.05, 0) is 45.2 Å². The van der Waals surface area contributed by atoms with E-state index in [1.54, 1.807) is 12.1 Å². The van der Waals surface area contributed by atoms with Gasteiger partial charge in [-0.1, -0.05) is 17.7 Å². The summed E-state index contributed by atoms with van der Waals surface area (Å²) >= 11 is 0. The number of benzene rings is 1. The largest absolute Gasteiger partial charge is 0.300 e. The van der Waals surface area contributed by atoms with Crippen LogP contribution in [0.3, 0.4) is 0 Å². The Morgan fingerprint density at radius 1 is 1.24 bits per heavy atom. The first-order valence-electron chi connectivity index (χ1n) is 6.91. The minimum Gasteiger partial charge on any atom is -0.300 e. The predicted octanol–water partition coefficient (Wildman–Crippen LogP) is 3.19. The second-order valence-corrected chi connectivity index (χ2v) is 6.68. The van der Waals surface area contributed by atoms with E-state index < -0.39 is 16.3 Å². The standard InChI is InChI=1S/C15H21FO4S/c1-12-5-9-15(10-6-12)21(18,19)20-11-3-4-14(16)8-7-13(2)17/h5-6,9-10,14H,3-4,7-8,11H2,1-2H3. The Bertz CT molecular complexity index is 552. The van der Waals surface area contributed by atoms with Crippen LogP contribution in [0.1, 0.15) is 38.2 Å². The molecule has 4 nitrogen and oxygen atoms in total. The maximum atomic E-state index is 13.4. The zero-order valence-electron chi connectivity index (χ0n) is 12.3. The highest BCUT2D eigenvalue weighted by Crippen LogP contribution is 2.15. The molecule has 1 aromatic carbocycles. The molecule has 0 saturated heterocycles. The van der Waals surface area contributed by atoms with Gasteiger partial charge < -0.3 is 4.79 Å². The number of hydrogen-bond acceptors (Lipinski definition) is 4. The number of rotatable bonds is 9. The van der Waals surface area contributed by atoms with Crippen molar-refractivity contribution in [3.63, 3.8) is 0 Å². The normalized spacial score (nSPS) is 13.1. The number of alkyl halides is 1. The van der Waals surface area contributed by atoms with Crippen molar-refractivity contribution >= 4 is 15.9 Å². The Balaban J connectivity index is 2.34. The molecule has 0 N–H and O–H groups in total. The Morgan fingerprint density at radius 2 is 1.86 bits per heavy atom. The lowest BCUT2D eigenvalue weighted by atomic mass is 10.1. The van der Waals surface area contributed by atoms with Gasteiger partial charge in [-0.15, -0.1) is 0 Å². The molecular formula is C15H21FO4S. The number of ketones is 1. The Morgan fingerprint density at radius 3 is 2.43 bits per heavy atom. The summed E-state index contributed by atoms with van der Waals surface area (Å²) < 4.78 is 41.9. The maximum absolute atomic E-state index is 13.4. The number of aryl methyl sites for hydroxylation is 1. The van der Waals surface area contributed by atoms with Crippen LogP contribution in [0.25, 0.3) is 0 Å². The number of halogens is 1. The van der Waals surface area contributed by atoms with E-state index in [-0.39, 0.29) is 36.5 Å². The zero-order chi connectivity index (χ0) is 15.9. The summed E-state index contributed by atoms with van der Waals surface area (Å²) in [7, 11) is -3.78. The molecule has 21 heavy (non-hydrogen) atoms. The average molecular weight is 316 g/mol. The van der Waals surface area contributed by atoms with Gasteiger partial charge in [0.25, 0.3) is 10.1 Å². The van der Waals surface area contributed by atoms with E-state index in [4.69, 9.17) is 4.18 Å². The van der Waals surface area contributed by atoms with E-state index in [0.717, 1.165) is 5.56 Å². The van der Waals surface area contributed by atoms with Gasteiger partial charge in [0.2, 0.25) is 0 Å². The minimum absolute atomic E-state index is 0.0455. The van der Waals surface area contributed by atoms with Crippen molar-refractivity contribution in [2.45, 2.75) is 50.6 Å². The van der Waals surface area contributed by atoms with Gasteiger partial charge in [-0.25, -0.2) is 4.39 Å². The average Bonchev–Trinajstić information content (AvgIpc) is 2.42. The van der Waals surface area contributed by atoms with Crippen molar-refractivity contribution in [2.75, 3.05) is 6.61 Å². The van der Waals surface area contributed by atoms with Crippen LogP contribution in [0.5, 0.6) is 0 Å². The Labute approximate surface area is 125 Å².